The Morgan fingerprint density at radius 3 is 3.00 bits per heavy atom. The predicted octanol–water partition coefficient (Wildman–Crippen LogP) is 1.30. The molecule has 0 aliphatic carbocycles. The number of hydrogen-bond donors (Lipinski definition) is 0. The Bertz CT molecular complexity index is 126. The van der Waals surface area contributed by atoms with E-state index in [4.69, 9.17) is 11.6 Å². The van der Waals surface area contributed by atoms with Crippen LogP contribution in [-0.4, -0.2) is 4.98 Å². The first kappa shape index (κ1) is 4.65. The highest BCUT2D eigenvalue weighted by Gasteiger charge is 1.90. The van der Waals surface area contributed by atoms with Crippen LogP contribution in [0.15, 0.2) is 16.9 Å². The van der Waals surface area contributed by atoms with Gasteiger partial charge in [0.15, 0.2) is 5.88 Å². The molecule has 2 radical (unpaired) electrons. The van der Waals surface area contributed by atoms with E-state index in [0.29, 0.717) is 5.89 Å². The summed E-state index contributed by atoms with van der Waals surface area (Å²) >= 11 is 5.06. The Morgan fingerprint density at radius 1 is 1.86 bits per heavy atom. The molecule has 0 aliphatic heterocycles. The summed E-state index contributed by atoms with van der Waals surface area (Å²) in [5.41, 5.74) is 0. The minimum atomic E-state index is 0.321. The first-order chi connectivity index (χ1) is 3.43. The van der Waals surface area contributed by atoms with Crippen LogP contribution in [0.1, 0.15) is 5.89 Å². The summed E-state index contributed by atoms with van der Waals surface area (Å²) in [6, 6.07) is 0. The summed E-state index contributed by atoms with van der Waals surface area (Å²) in [4.78, 5) is 3.62. The third kappa shape index (κ3) is 0.933. The van der Waals surface area contributed by atoms with Gasteiger partial charge in [-0.2, -0.15) is 0 Å². The molecular weight excluding hydrogens is 114 g/mol. The Balaban J connectivity index is 2.76. The van der Waals surface area contributed by atoms with Crippen molar-refractivity contribution in [3.8, 4) is 0 Å². The summed E-state index contributed by atoms with van der Waals surface area (Å²) < 4.78 is 4.63. The molecule has 1 aromatic heterocycles. The second-order valence-electron chi connectivity index (χ2n) is 0.932. The fourth-order valence-corrected chi connectivity index (χ4v) is 0.363. The van der Waals surface area contributed by atoms with Gasteiger partial charge in [0.05, 0.1) is 6.20 Å². The number of aromatic nitrogens is 1. The third-order valence-electron chi connectivity index (χ3n) is 0.513. The minimum Gasteiger partial charge on any atom is -0.447 e. The molecule has 0 amide bonds. The maximum atomic E-state index is 5.06. The van der Waals surface area contributed by atoms with Crippen molar-refractivity contribution in [1.29, 1.82) is 0 Å². The molecule has 1 rings (SSSR count). The fraction of sp³-hybridized carbons (Fsp3) is 0. The van der Waals surface area contributed by atoms with Gasteiger partial charge in [0.1, 0.15) is 6.26 Å². The van der Waals surface area contributed by atoms with Gasteiger partial charge in [-0.15, -0.1) is 11.6 Å². The molecular formula is C4H2ClNO. The van der Waals surface area contributed by atoms with Crippen molar-refractivity contribution in [3.63, 3.8) is 0 Å². The number of rotatable bonds is 1. The maximum absolute atomic E-state index is 5.06. The topological polar surface area (TPSA) is 26.0 Å². The Hall–Kier alpha value is -0.500. The van der Waals surface area contributed by atoms with E-state index in [0.717, 1.165) is 0 Å². The minimum absolute atomic E-state index is 0.321. The fourth-order valence-electron chi connectivity index (χ4n) is 0.270. The molecule has 0 aliphatic rings. The highest BCUT2D eigenvalue weighted by molar-refractivity contribution is 6.24. The zero-order valence-electron chi connectivity index (χ0n) is 3.39. The van der Waals surface area contributed by atoms with Crippen LogP contribution >= 0.6 is 11.6 Å². The summed E-state index contributed by atoms with van der Waals surface area (Å²) in [5.74, 6) is 2.52. The molecule has 0 N–H and O–H groups in total. The third-order valence-corrected chi connectivity index (χ3v) is 0.675. The van der Waals surface area contributed by atoms with Crippen LogP contribution < -0.4 is 0 Å². The summed E-state index contributed by atoms with van der Waals surface area (Å²) in [6.07, 6.45) is 2.94. The van der Waals surface area contributed by atoms with E-state index >= 15 is 0 Å². The molecule has 36 valence electrons. The highest BCUT2D eigenvalue weighted by atomic mass is 35.5. The lowest BCUT2D eigenvalue weighted by atomic mass is 10.8. The van der Waals surface area contributed by atoms with Gasteiger partial charge in [0.25, 0.3) is 0 Å². The predicted molar refractivity (Wildman–Crippen MR) is 24.7 cm³/mol. The average Bonchev–Trinajstić information content (AvgIpc) is 2.14. The molecule has 0 atom stereocenters. The quantitative estimate of drug-likeness (QED) is 0.552. The van der Waals surface area contributed by atoms with Gasteiger partial charge in [-0.3, -0.25) is 0 Å². The Kier molecular flexibility index (Phi) is 1.32. The summed E-state index contributed by atoms with van der Waals surface area (Å²) in [7, 11) is 0. The second kappa shape index (κ2) is 1.98. The smallest absolute Gasteiger partial charge is 0.220 e. The SMILES string of the molecule is Cl[C]c1ncco1. The zero-order valence-corrected chi connectivity index (χ0v) is 4.14. The van der Waals surface area contributed by atoms with E-state index in [-0.39, 0.29) is 0 Å². The average molecular weight is 116 g/mol. The first-order valence-corrected chi connectivity index (χ1v) is 2.07. The molecule has 0 aromatic carbocycles. The standard InChI is InChI=1S/C4H2ClNO/c5-3-4-6-1-2-7-4/h1-2H. The molecule has 0 unspecified atom stereocenters. The first-order valence-electron chi connectivity index (χ1n) is 1.69. The Morgan fingerprint density at radius 2 is 2.71 bits per heavy atom. The van der Waals surface area contributed by atoms with Gasteiger partial charge in [0, 0.05) is 0 Å². The largest absolute Gasteiger partial charge is 0.447 e. The van der Waals surface area contributed by atoms with Crippen molar-refractivity contribution in [1.82, 2.24) is 4.98 Å². The molecule has 7 heavy (non-hydrogen) atoms. The van der Waals surface area contributed by atoms with Gasteiger partial charge < -0.3 is 4.42 Å². The van der Waals surface area contributed by atoms with Crippen molar-refractivity contribution in [2.45, 2.75) is 0 Å². The van der Waals surface area contributed by atoms with Crippen LogP contribution in [0.5, 0.6) is 0 Å². The molecule has 1 heterocycles. The van der Waals surface area contributed by atoms with Crippen molar-refractivity contribution >= 4 is 11.6 Å². The van der Waals surface area contributed by atoms with Crippen molar-refractivity contribution in [2.24, 2.45) is 0 Å². The number of oxazole rings is 1. The van der Waals surface area contributed by atoms with Crippen molar-refractivity contribution < 1.29 is 4.42 Å². The van der Waals surface area contributed by atoms with Gasteiger partial charge in [-0.25, -0.2) is 4.98 Å². The van der Waals surface area contributed by atoms with Crippen LogP contribution in [0.4, 0.5) is 0 Å². The zero-order chi connectivity index (χ0) is 5.11. The van der Waals surface area contributed by atoms with Gasteiger partial charge in [-0.1, -0.05) is 0 Å². The molecule has 0 saturated carbocycles. The maximum Gasteiger partial charge on any atom is 0.220 e. The van der Waals surface area contributed by atoms with Gasteiger partial charge in [-0.05, 0) is 0 Å². The van der Waals surface area contributed by atoms with Crippen molar-refractivity contribution in [2.75, 3.05) is 0 Å². The van der Waals surface area contributed by atoms with E-state index in [9.17, 15) is 0 Å². The van der Waals surface area contributed by atoms with E-state index in [1.807, 2.05) is 0 Å². The lowest BCUT2D eigenvalue weighted by molar-refractivity contribution is 0.534. The molecule has 0 saturated heterocycles. The lowest BCUT2D eigenvalue weighted by Crippen LogP contribution is -1.67. The number of hydrogen-bond acceptors (Lipinski definition) is 2. The van der Waals surface area contributed by atoms with Gasteiger partial charge >= 0.3 is 0 Å². The van der Waals surface area contributed by atoms with Crippen molar-refractivity contribution in [3.05, 3.63) is 24.2 Å². The molecule has 3 heteroatoms. The summed E-state index contributed by atoms with van der Waals surface area (Å²) in [6.45, 7) is 0. The normalized spacial score (nSPS) is 9.29. The molecule has 0 bridgehead atoms. The van der Waals surface area contributed by atoms with E-state index in [2.05, 4.69) is 15.3 Å². The molecule has 0 fully saturated rings. The van der Waals surface area contributed by atoms with Gasteiger partial charge in [0.2, 0.25) is 5.89 Å². The van der Waals surface area contributed by atoms with E-state index in [1.54, 1.807) is 0 Å². The van der Waals surface area contributed by atoms with Crippen LogP contribution in [0, 0.1) is 5.88 Å². The Labute approximate surface area is 46.1 Å². The monoisotopic (exact) mass is 115 g/mol. The molecule has 2 nitrogen and oxygen atoms in total. The molecule has 1 aromatic rings. The number of nitrogens with zero attached hydrogens (tertiary/aromatic N) is 1. The highest BCUT2D eigenvalue weighted by Crippen LogP contribution is 1.99. The van der Waals surface area contributed by atoms with E-state index < -0.39 is 0 Å². The summed E-state index contributed by atoms with van der Waals surface area (Å²) in [5, 5.41) is 0. The lowest BCUT2D eigenvalue weighted by Gasteiger charge is -1.73. The molecule has 0 spiro atoms. The van der Waals surface area contributed by atoms with Crippen LogP contribution in [-0.2, 0) is 0 Å². The second-order valence-corrected chi connectivity index (χ2v) is 1.12. The number of halogens is 1. The van der Waals surface area contributed by atoms with E-state index in [1.165, 1.54) is 12.5 Å². The van der Waals surface area contributed by atoms with Crippen LogP contribution in [0.3, 0.4) is 0 Å². The van der Waals surface area contributed by atoms with Crippen LogP contribution in [0.25, 0.3) is 0 Å². The van der Waals surface area contributed by atoms with Crippen LogP contribution in [0.2, 0.25) is 0 Å².